The maximum absolute atomic E-state index is 12.0. The van der Waals surface area contributed by atoms with Crippen LogP contribution < -0.4 is 10.6 Å². The van der Waals surface area contributed by atoms with Gasteiger partial charge in [-0.3, -0.25) is 4.79 Å². The first-order valence-electron chi connectivity index (χ1n) is 7.25. The number of rotatable bonds is 6. The number of carbonyl (C=O) groups is 1. The van der Waals surface area contributed by atoms with Crippen LogP contribution in [0.3, 0.4) is 0 Å². The standard InChI is InChI=1S/C14H28N2O2/c1-5-12(6-2)16-14(17)11(4)18-13-9-15-8-7-10(13)3/h10-13,15H,5-9H2,1-4H3,(H,16,17). The molecule has 1 fully saturated rings. The first kappa shape index (κ1) is 15.4. The Morgan fingerprint density at radius 3 is 2.67 bits per heavy atom. The maximum atomic E-state index is 12.0. The number of amides is 1. The molecule has 106 valence electrons. The summed E-state index contributed by atoms with van der Waals surface area (Å²) in [6, 6.07) is 0.269. The molecule has 0 aromatic carbocycles. The molecule has 0 radical (unpaired) electrons. The lowest BCUT2D eigenvalue weighted by molar-refractivity contribution is -0.138. The largest absolute Gasteiger partial charge is 0.364 e. The summed E-state index contributed by atoms with van der Waals surface area (Å²) in [5.74, 6) is 0.538. The quantitative estimate of drug-likeness (QED) is 0.760. The van der Waals surface area contributed by atoms with E-state index in [1.807, 2.05) is 6.92 Å². The Labute approximate surface area is 111 Å². The summed E-state index contributed by atoms with van der Waals surface area (Å²) in [4.78, 5) is 12.0. The molecule has 4 heteroatoms. The second-order valence-corrected chi connectivity index (χ2v) is 5.31. The van der Waals surface area contributed by atoms with E-state index in [0.717, 1.165) is 32.4 Å². The third kappa shape index (κ3) is 4.58. The highest BCUT2D eigenvalue weighted by atomic mass is 16.5. The predicted molar refractivity (Wildman–Crippen MR) is 73.5 cm³/mol. The highest BCUT2D eigenvalue weighted by molar-refractivity contribution is 5.80. The molecule has 18 heavy (non-hydrogen) atoms. The molecular weight excluding hydrogens is 228 g/mol. The first-order chi connectivity index (χ1) is 8.58. The van der Waals surface area contributed by atoms with E-state index in [1.165, 1.54) is 0 Å². The number of ether oxygens (including phenoxy) is 1. The van der Waals surface area contributed by atoms with Crippen molar-refractivity contribution in [3.8, 4) is 0 Å². The fourth-order valence-corrected chi connectivity index (χ4v) is 2.28. The first-order valence-corrected chi connectivity index (χ1v) is 7.25. The summed E-state index contributed by atoms with van der Waals surface area (Å²) < 4.78 is 5.88. The molecule has 3 atom stereocenters. The van der Waals surface area contributed by atoms with Crippen molar-refractivity contribution in [2.75, 3.05) is 13.1 Å². The van der Waals surface area contributed by atoms with E-state index in [0.29, 0.717) is 5.92 Å². The highest BCUT2D eigenvalue weighted by Crippen LogP contribution is 2.16. The molecule has 1 aliphatic heterocycles. The van der Waals surface area contributed by atoms with Gasteiger partial charge in [0.2, 0.25) is 5.91 Å². The second kappa shape index (κ2) is 7.74. The van der Waals surface area contributed by atoms with Crippen molar-refractivity contribution in [2.24, 2.45) is 5.92 Å². The average molecular weight is 256 g/mol. The summed E-state index contributed by atoms with van der Waals surface area (Å²) in [7, 11) is 0. The average Bonchev–Trinajstić information content (AvgIpc) is 2.38. The molecule has 1 aliphatic rings. The Hall–Kier alpha value is -0.610. The fourth-order valence-electron chi connectivity index (χ4n) is 2.28. The molecule has 1 saturated heterocycles. The van der Waals surface area contributed by atoms with E-state index in [9.17, 15) is 4.79 Å². The van der Waals surface area contributed by atoms with Gasteiger partial charge in [-0.15, -0.1) is 0 Å². The molecule has 0 aliphatic carbocycles. The fraction of sp³-hybridized carbons (Fsp3) is 0.929. The molecule has 0 spiro atoms. The number of carbonyl (C=O) groups excluding carboxylic acids is 1. The number of hydrogen-bond acceptors (Lipinski definition) is 3. The van der Waals surface area contributed by atoms with Crippen molar-refractivity contribution in [3.05, 3.63) is 0 Å². The van der Waals surface area contributed by atoms with Gasteiger partial charge < -0.3 is 15.4 Å². The van der Waals surface area contributed by atoms with Crippen LogP contribution in [0.15, 0.2) is 0 Å². The zero-order valence-corrected chi connectivity index (χ0v) is 12.2. The SMILES string of the molecule is CCC(CC)NC(=O)C(C)OC1CNCCC1C. The monoisotopic (exact) mass is 256 g/mol. The molecule has 1 heterocycles. The number of hydrogen-bond donors (Lipinski definition) is 2. The summed E-state index contributed by atoms with van der Waals surface area (Å²) in [5.41, 5.74) is 0. The zero-order chi connectivity index (χ0) is 13.5. The van der Waals surface area contributed by atoms with Gasteiger partial charge in [0.05, 0.1) is 6.10 Å². The van der Waals surface area contributed by atoms with E-state index in [1.54, 1.807) is 0 Å². The summed E-state index contributed by atoms with van der Waals surface area (Å²) in [6.45, 7) is 10.1. The van der Waals surface area contributed by atoms with Crippen LogP contribution >= 0.6 is 0 Å². The van der Waals surface area contributed by atoms with E-state index in [-0.39, 0.29) is 24.2 Å². The minimum Gasteiger partial charge on any atom is -0.364 e. The molecular formula is C14H28N2O2. The molecule has 0 bridgehead atoms. The Balaban J connectivity index is 2.38. The van der Waals surface area contributed by atoms with Crippen molar-refractivity contribution in [3.63, 3.8) is 0 Å². The van der Waals surface area contributed by atoms with Gasteiger partial charge in [0.15, 0.2) is 0 Å². The van der Waals surface area contributed by atoms with Gasteiger partial charge in [0.1, 0.15) is 6.10 Å². The summed E-state index contributed by atoms with van der Waals surface area (Å²) in [5, 5.41) is 6.35. The lowest BCUT2D eigenvalue weighted by atomic mass is 9.97. The Kier molecular flexibility index (Phi) is 6.65. The second-order valence-electron chi connectivity index (χ2n) is 5.31. The maximum Gasteiger partial charge on any atom is 0.249 e. The molecule has 1 rings (SSSR count). The van der Waals surface area contributed by atoms with Gasteiger partial charge >= 0.3 is 0 Å². The van der Waals surface area contributed by atoms with E-state index >= 15 is 0 Å². The van der Waals surface area contributed by atoms with Crippen molar-refractivity contribution in [1.29, 1.82) is 0 Å². The third-order valence-corrected chi connectivity index (χ3v) is 3.84. The molecule has 2 N–H and O–H groups in total. The molecule has 0 saturated carbocycles. The highest BCUT2D eigenvalue weighted by Gasteiger charge is 2.26. The van der Waals surface area contributed by atoms with Crippen LogP contribution in [0.5, 0.6) is 0 Å². The van der Waals surface area contributed by atoms with E-state index in [4.69, 9.17) is 4.74 Å². The third-order valence-electron chi connectivity index (χ3n) is 3.84. The molecule has 0 aromatic heterocycles. The van der Waals surface area contributed by atoms with Gasteiger partial charge in [-0.1, -0.05) is 20.8 Å². The Bertz CT molecular complexity index is 254. The topological polar surface area (TPSA) is 50.4 Å². The van der Waals surface area contributed by atoms with Crippen LogP contribution in [0.4, 0.5) is 0 Å². The van der Waals surface area contributed by atoms with Crippen LogP contribution in [0.25, 0.3) is 0 Å². The number of piperidine rings is 1. The molecule has 0 aromatic rings. The minimum absolute atomic E-state index is 0.0153. The van der Waals surface area contributed by atoms with Crippen LogP contribution in [0, 0.1) is 5.92 Å². The van der Waals surface area contributed by atoms with E-state index in [2.05, 4.69) is 31.4 Å². The van der Waals surface area contributed by atoms with Crippen molar-refractivity contribution in [1.82, 2.24) is 10.6 Å². The van der Waals surface area contributed by atoms with Gasteiger partial charge in [-0.2, -0.15) is 0 Å². The molecule has 3 unspecified atom stereocenters. The van der Waals surface area contributed by atoms with Crippen molar-refractivity contribution < 1.29 is 9.53 Å². The van der Waals surface area contributed by atoms with Crippen LogP contribution in [0.2, 0.25) is 0 Å². The van der Waals surface area contributed by atoms with Crippen LogP contribution in [-0.2, 0) is 9.53 Å². The van der Waals surface area contributed by atoms with Crippen molar-refractivity contribution >= 4 is 5.91 Å². The van der Waals surface area contributed by atoms with Gasteiger partial charge in [-0.25, -0.2) is 0 Å². The van der Waals surface area contributed by atoms with E-state index < -0.39 is 0 Å². The summed E-state index contributed by atoms with van der Waals surface area (Å²) in [6.07, 6.45) is 2.84. The smallest absolute Gasteiger partial charge is 0.249 e. The van der Waals surface area contributed by atoms with Crippen molar-refractivity contribution in [2.45, 2.75) is 65.2 Å². The van der Waals surface area contributed by atoms with Crippen LogP contribution in [-0.4, -0.2) is 37.2 Å². The molecule has 1 amide bonds. The number of nitrogens with one attached hydrogen (secondary N) is 2. The lowest BCUT2D eigenvalue weighted by Crippen LogP contribution is -2.47. The van der Waals surface area contributed by atoms with Gasteiger partial charge in [-0.05, 0) is 38.6 Å². The van der Waals surface area contributed by atoms with Crippen LogP contribution in [0.1, 0.15) is 47.0 Å². The minimum atomic E-state index is -0.363. The lowest BCUT2D eigenvalue weighted by Gasteiger charge is -2.31. The molecule has 4 nitrogen and oxygen atoms in total. The Morgan fingerprint density at radius 2 is 2.11 bits per heavy atom. The zero-order valence-electron chi connectivity index (χ0n) is 12.2. The summed E-state index contributed by atoms with van der Waals surface area (Å²) >= 11 is 0. The predicted octanol–water partition coefficient (Wildman–Crippen LogP) is 1.69. The Morgan fingerprint density at radius 1 is 1.44 bits per heavy atom. The normalized spacial score (nSPS) is 26.1. The van der Waals surface area contributed by atoms with Gasteiger partial charge in [0, 0.05) is 12.6 Å². The van der Waals surface area contributed by atoms with Gasteiger partial charge in [0.25, 0.3) is 0 Å².